The minimum Gasteiger partial charge on any atom is -0.324 e. The van der Waals surface area contributed by atoms with Crippen LogP contribution in [-0.2, 0) is 11.8 Å². The van der Waals surface area contributed by atoms with E-state index >= 15 is 0 Å². The maximum atomic E-state index is 12.9. The highest BCUT2D eigenvalue weighted by molar-refractivity contribution is 8.00. The number of hydrogen-bond acceptors (Lipinski definition) is 5. The molecule has 1 amide bonds. The van der Waals surface area contributed by atoms with Gasteiger partial charge in [0.2, 0.25) is 11.1 Å². The molecule has 1 aromatic carbocycles. The van der Waals surface area contributed by atoms with Crippen molar-refractivity contribution in [3.05, 3.63) is 29.0 Å². The van der Waals surface area contributed by atoms with Gasteiger partial charge in [0.25, 0.3) is 0 Å². The van der Waals surface area contributed by atoms with E-state index in [4.69, 9.17) is 11.6 Å². The van der Waals surface area contributed by atoms with Crippen LogP contribution in [0, 0.1) is 5.82 Å². The lowest BCUT2D eigenvalue weighted by atomic mass is 10.3. The number of carbonyl (C=O) groups is 1. The summed E-state index contributed by atoms with van der Waals surface area (Å²) in [4.78, 5) is 12.0. The normalized spacial score (nSPS) is 12.2. The second-order valence-corrected chi connectivity index (χ2v) is 5.67. The predicted octanol–water partition coefficient (Wildman–Crippen LogP) is 2.12. The molecule has 0 aliphatic carbocycles. The number of thioether (sulfide) groups is 1. The molecule has 0 saturated heterocycles. The first-order chi connectivity index (χ1) is 9.47. The first-order valence-corrected chi connectivity index (χ1v) is 6.88. The summed E-state index contributed by atoms with van der Waals surface area (Å²) in [6, 6.07) is 3.78. The number of nitrogens with one attached hydrogen (secondary N) is 1. The zero-order valence-corrected chi connectivity index (χ0v) is 12.2. The molecule has 2 aromatic rings. The van der Waals surface area contributed by atoms with Crippen LogP contribution in [0.5, 0.6) is 0 Å². The molecular formula is C11H11ClFN5OS. The minimum absolute atomic E-state index is 0.149. The van der Waals surface area contributed by atoms with Crippen LogP contribution < -0.4 is 5.32 Å². The van der Waals surface area contributed by atoms with Gasteiger partial charge in [0.15, 0.2) is 0 Å². The van der Waals surface area contributed by atoms with Crippen LogP contribution in [-0.4, -0.2) is 31.4 Å². The highest BCUT2D eigenvalue weighted by Gasteiger charge is 2.18. The second-order valence-electron chi connectivity index (χ2n) is 3.96. The summed E-state index contributed by atoms with van der Waals surface area (Å²) < 4.78 is 14.4. The summed E-state index contributed by atoms with van der Waals surface area (Å²) in [5, 5.41) is 13.8. The molecule has 0 fully saturated rings. The zero-order chi connectivity index (χ0) is 14.7. The minimum atomic E-state index is -0.458. The summed E-state index contributed by atoms with van der Waals surface area (Å²) >= 11 is 7.06. The first kappa shape index (κ1) is 14.7. The van der Waals surface area contributed by atoms with Crippen molar-refractivity contribution < 1.29 is 9.18 Å². The Kier molecular flexibility index (Phi) is 4.56. The van der Waals surface area contributed by atoms with E-state index in [0.717, 1.165) is 6.07 Å². The Labute approximate surface area is 123 Å². The van der Waals surface area contributed by atoms with Crippen LogP contribution in [0.1, 0.15) is 6.92 Å². The average molecular weight is 316 g/mol. The summed E-state index contributed by atoms with van der Waals surface area (Å²) in [7, 11) is 1.68. The molecule has 0 aliphatic rings. The van der Waals surface area contributed by atoms with E-state index < -0.39 is 11.1 Å². The Hall–Kier alpha value is -1.67. The standard InChI is InChI=1S/C11H11ClFN5OS/c1-6(20-11-15-16-17-18(11)2)10(19)14-9-4-3-7(13)5-8(9)12/h3-6H,1-2H3,(H,14,19)/t6-/m1/s1. The van der Waals surface area contributed by atoms with E-state index in [1.807, 2.05) is 0 Å². The molecule has 9 heteroatoms. The quantitative estimate of drug-likeness (QED) is 0.875. The lowest BCUT2D eigenvalue weighted by molar-refractivity contribution is -0.115. The fourth-order valence-electron chi connectivity index (χ4n) is 1.36. The Morgan fingerprint density at radius 2 is 2.30 bits per heavy atom. The van der Waals surface area contributed by atoms with Gasteiger partial charge in [-0.05, 0) is 35.5 Å². The van der Waals surface area contributed by atoms with Crippen molar-refractivity contribution >= 4 is 35.0 Å². The first-order valence-electron chi connectivity index (χ1n) is 5.62. The maximum Gasteiger partial charge on any atom is 0.237 e. The number of aryl methyl sites for hydroxylation is 1. The second kappa shape index (κ2) is 6.19. The Bertz CT molecular complexity index is 635. The summed E-state index contributed by atoms with van der Waals surface area (Å²) in [6.07, 6.45) is 0. The van der Waals surface area contributed by atoms with Crippen LogP contribution in [0.3, 0.4) is 0 Å². The van der Waals surface area contributed by atoms with E-state index in [-0.39, 0.29) is 10.9 Å². The van der Waals surface area contributed by atoms with Gasteiger partial charge in [0, 0.05) is 7.05 Å². The lowest BCUT2D eigenvalue weighted by Crippen LogP contribution is -2.23. The van der Waals surface area contributed by atoms with Gasteiger partial charge in [-0.15, -0.1) is 5.10 Å². The molecule has 2 rings (SSSR count). The van der Waals surface area contributed by atoms with Gasteiger partial charge in [0.1, 0.15) is 5.82 Å². The number of aromatic nitrogens is 4. The molecule has 20 heavy (non-hydrogen) atoms. The summed E-state index contributed by atoms with van der Waals surface area (Å²) in [5.41, 5.74) is 0.363. The number of halogens is 2. The van der Waals surface area contributed by atoms with Gasteiger partial charge in [0.05, 0.1) is 16.0 Å². The number of tetrazole rings is 1. The third-order valence-electron chi connectivity index (χ3n) is 2.42. The molecule has 0 aliphatic heterocycles. The van der Waals surface area contributed by atoms with Gasteiger partial charge in [-0.2, -0.15) is 0 Å². The molecule has 1 atom stereocenters. The molecular weight excluding hydrogens is 305 g/mol. The highest BCUT2D eigenvalue weighted by Crippen LogP contribution is 2.25. The van der Waals surface area contributed by atoms with E-state index in [2.05, 4.69) is 20.8 Å². The average Bonchev–Trinajstić information content (AvgIpc) is 2.78. The largest absolute Gasteiger partial charge is 0.324 e. The molecule has 106 valence electrons. The molecule has 6 nitrogen and oxygen atoms in total. The molecule has 0 bridgehead atoms. The fraction of sp³-hybridized carbons (Fsp3) is 0.273. The number of rotatable bonds is 4. The smallest absolute Gasteiger partial charge is 0.237 e. The van der Waals surface area contributed by atoms with Crippen molar-refractivity contribution in [2.24, 2.45) is 7.05 Å². The zero-order valence-electron chi connectivity index (χ0n) is 10.7. The number of nitrogens with zero attached hydrogens (tertiary/aromatic N) is 4. The Morgan fingerprint density at radius 3 is 2.90 bits per heavy atom. The molecule has 0 radical (unpaired) electrons. The number of anilines is 1. The van der Waals surface area contributed by atoms with Crippen molar-refractivity contribution in [2.75, 3.05) is 5.32 Å². The van der Waals surface area contributed by atoms with Crippen LogP contribution >= 0.6 is 23.4 Å². The summed E-state index contributed by atoms with van der Waals surface area (Å²) in [5.74, 6) is -0.730. The fourth-order valence-corrected chi connectivity index (χ4v) is 2.33. The van der Waals surface area contributed by atoms with Crippen LogP contribution in [0.15, 0.2) is 23.4 Å². The van der Waals surface area contributed by atoms with Crippen molar-refractivity contribution in [1.82, 2.24) is 20.2 Å². The van der Waals surface area contributed by atoms with Crippen molar-refractivity contribution in [3.63, 3.8) is 0 Å². The van der Waals surface area contributed by atoms with Crippen molar-refractivity contribution in [1.29, 1.82) is 0 Å². The van der Waals surface area contributed by atoms with Gasteiger partial charge in [-0.25, -0.2) is 9.07 Å². The number of benzene rings is 1. The van der Waals surface area contributed by atoms with E-state index in [9.17, 15) is 9.18 Å². The highest BCUT2D eigenvalue weighted by atomic mass is 35.5. The van der Waals surface area contributed by atoms with E-state index in [1.165, 1.54) is 28.6 Å². The topological polar surface area (TPSA) is 72.7 Å². The van der Waals surface area contributed by atoms with Crippen LogP contribution in [0.2, 0.25) is 5.02 Å². The number of amides is 1. The van der Waals surface area contributed by atoms with Gasteiger partial charge < -0.3 is 5.32 Å². The van der Waals surface area contributed by atoms with Crippen molar-refractivity contribution in [3.8, 4) is 0 Å². The SMILES string of the molecule is C[C@@H](Sc1nnnn1C)C(=O)Nc1ccc(F)cc1Cl. The third kappa shape index (κ3) is 3.45. The van der Waals surface area contributed by atoms with E-state index in [0.29, 0.717) is 10.8 Å². The molecule has 1 heterocycles. The number of carbonyl (C=O) groups excluding carboxylic acids is 1. The van der Waals surface area contributed by atoms with Gasteiger partial charge in [-0.3, -0.25) is 4.79 Å². The summed E-state index contributed by atoms with van der Waals surface area (Å²) in [6.45, 7) is 1.71. The Morgan fingerprint density at radius 1 is 1.55 bits per heavy atom. The molecule has 0 unspecified atom stereocenters. The molecule has 1 N–H and O–H groups in total. The lowest BCUT2D eigenvalue weighted by Gasteiger charge is -2.11. The van der Waals surface area contributed by atoms with Crippen LogP contribution in [0.4, 0.5) is 10.1 Å². The molecule has 1 aromatic heterocycles. The van der Waals surface area contributed by atoms with Crippen molar-refractivity contribution in [2.45, 2.75) is 17.3 Å². The molecule has 0 spiro atoms. The number of hydrogen-bond donors (Lipinski definition) is 1. The van der Waals surface area contributed by atoms with Gasteiger partial charge >= 0.3 is 0 Å². The maximum absolute atomic E-state index is 12.9. The Balaban J connectivity index is 2.02. The molecule has 0 saturated carbocycles. The monoisotopic (exact) mass is 315 g/mol. The van der Waals surface area contributed by atoms with E-state index in [1.54, 1.807) is 14.0 Å². The third-order valence-corrected chi connectivity index (χ3v) is 3.86. The predicted molar refractivity (Wildman–Crippen MR) is 74.2 cm³/mol. The van der Waals surface area contributed by atoms with Gasteiger partial charge in [-0.1, -0.05) is 23.4 Å². The van der Waals surface area contributed by atoms with Crippen LogP contribution in [0.25, 0.3) is 0 Å².